The van der Waals surface area contributed by atoms with Crippen molar-refractivity contribution in [1.29, 1.82) is 0 Å². The van der Waals surface area contributed by atoms with E-state index in [1.807, 2.05) is 0 Å². The molecular formula is C17H18F2N2O4S. The van der Waals surface area contributed by atoms with Gasteiger partial charge in [-0.25, -0.2) is 17.2 Å². The Balaban J connectivity index is 2.34. The standard InChI is InChI=1S/C17H18F2N2O4S/c1-11(17(22)20-16-14(18)5-4-6-15(16)19)21(26(3,23)24)12-7-9-13(25-2)10-8-12/h4-11H,1-3H3,(H,20,22)/t11-/m1/s1. The lowest BCUT2D eigenvalue weighted by molar-refractivity contribution is -0.116. The summed E-state index contributed by atoms with van der Waals surface area (Å²) in [5, 5.41) is 2.10. The first-order valence-electron chi connectivity index (χ1n) is 7.53. The Morgan fingerprint density at radius 1 is 1.12 bits per heavy atom. The summed E-state index contributed by atoms with van der Waals surface area (Å²) in [5.41, 5.74) is -0.419. The van der Waals surface area contributed by atoms with Gasteiger partial charge in [0.25, 0.3) is 0 Å². The van der Waals surface area contributed by atoms with Crippen molar-refractivity contribution in [3.63, 3.8) is 0 Å². The van der Waals surface area contributed by atoms with E-state index in [0.717, 1.165) is 28.8 Å². The van der Waals surface area contributed by atoms with Crippen LogP contribution in [-0.2, 0) is 14.8 Å². The minimum Gasteiger partial charge on any atom is -0.497 e. The molecule has 1 atom stereocenters. The number of sulfonamides is 1. The summed E-state index contributed by atoms with van der Waals surface area (Å²) in [6.07, 6.45) is 0.935. The van der Waals surface area contributed by atoms with E-state index in [-0.39, 0.29) is 5.69 Å². The first-order valence-corrected chi connectivity index (χ1v) is 9.38. The summed E-state index contributed by atoms with van der Waals surface area (Å²) in [6, 6.07) is 7.88. The number of anilines is 2. The van der Waals surface area contributed by atoms with Gasteiger partial charge in [0.2, 0.25) is 15.9 Å². The number of amides is 1. The van der Waals surface area contributed by atoms with E-state index in [1.165, 1.54) is 38.3 Å². The van der Waals surface area contributed by atoms with Gasteiger partial charge in [-0.1, -0.05) is 6.07 Å². The highest BCUT2D eigenvalue weighted by Gasteiger charge is 2.30. The number of nitrogens with one attached hydrogen (secondary N) is 1. The molecular weight excluding hydrogens is 366 g/mol. The van der Waals surface area contributed by atoms with Crippen molar-refractivity contribution in [3.8, 4) is 5.75 Å². The van der Waals surface area contributed by atoms with Gasteiger partial charge in [-0.2, -0.15) is 0 Å². The van der Waals surface area contributed by atoms with Crippen LogP contribution < -0.4 is 14.4 Å². The Hall–Kier alpha value is -2.68. The van der Waals surface area contributed by atoms with E-state index >= 15 is 0 Å². The SMILES string of the molecule is COc1ccc(N([C@H](C)C(=O)Nc2c(F)cccc2F)S(C)(=O)=O)cc1. The van der Waals surface area contributed by atoms with E-state index in [4.69, 9.17) is 4.74 Å². The Bertz CT molecular complexity index is 881. The van der Waals surface area contributed by atoms with Crippen LogP contribution in [0.1, 0.15) is 6.92 Å². The fourth-order valence-electron chi connectivity index (χ4n) is 2.38. The van der Waals surface area contributed by atoms with Gasteiger partial charge in [0, 0.05) is 0 Å². The predicted molar refractivity (Wildman–Crippen MR) is 94.8 cm³/mol. The van der Waals surface area contributed by atoms with Crippen molar-refractivity contribution >= 4 is 27.3 Å². The highest BCUT2D eigenvalue weighted by Crippen LogP contribution is 2.25. The third-order valence-corrected chi connectivity index (χ3v) is 4.87. The van der Waals surface area contributed by atoms with Gasteiger partial charge in [0.05, 0.1) is 19.1 Å². The zero-order valence-corrected chi connectivity index (χ0v) is 15.2. The number of para-hydroxylation sites is 1. The highest BCUT2D eigenvalue weighted by atomic mass is 32.2. The zero-order valence-electron chi connectivity index (χ0n) is 14.4. The molecule has 1 N–H and O–H groups in total. The Labute approximate surface area is 150 Å². The normalized spacial score (nSPS) is 12.3. The predicted octanol–water partition coefficient (Wildman–Crippen LogP) is 2.77. The van der Waals surface area contributed by atoms with Crippen LogP contribution in [0.15, 0.2) is 42.5 Å². The Kier molecular flexibility index (Phi) is 5.81. The second-order valence-corrected chi connectivity index (χ2v) is 7.38. The van der Waals surface area contributed by atoms with Crippen molar-refractivity contribution in [3.05, 3.63) is 54.1 Å². The third kappa shape index (κ3) is 4.29. The quantitative estimate of drug-likeness (QED) is 0.831. The smallest absolute Gasteiger partial charge is 0.248 e. The van der Waals surface area contributed by atoms with Gasteiger partial charge < -0.3 is 10.1 Å². The molecule has 0 bridgehead atoms. The number of hydrogen-bond acceptors (Lipinski definition) is 4. The van der Waals surface area contributed by atoms with Gasteiger partial charge in [-0.15, -0.1) is 0 Å². The number of ether oxygens (including phenoxy) is 1. The highest BCUT2D eigenvalue weighted by molar-refractivity contribution is 7.92. The molecule has 0 fully saturated rings. The summed E-state index contributed by atoms with van der Waals surface area (Å²) in [6.45, 7) is 1.32. The first kappa shape index (κ1) is 19.6. The molecule has 0 saturated carbocycles. The van der Waals surface area contributed by atoms with Crippen LogP contribution in [0.25, 0.3) is 0 Å². The number of carbonyl (C=O) groups excluding carboxylic acids is 1. The lowest BCUT2D eigenvalue weighted by Crippen LogP contribution is -2.45. The van der Waals surface area contributed by atoms with Crippen molar-refractivity contribution in [2.75, 3.05) is 23.0 Å². The second kappa shape index (κ2) is 7.69. The summed E-state index contributed by atoms with van der Waals surface area (Å²) >= 11 is 0. The maximum atomic E-state index is 13.7. The molecule has 0 heterocycles. The van der Waals surface area contributed by atoms with Gasteiger partial charge in [-0.05, 0) is 43.3 Å². The lowest BCUT2D eigenvalue weighted by Gasteiger charge is -2.28. The van der Waals surface area contributed by atoms with E-state index in [9.17, 15) is 22.0 Å². The minimum atomic E-state index is -3.85. The van der Waals surface area contributed by atoms with Gasteiger partial charge in [0.1, 0.15) is 29.1 Å². The zero-order chi connectivity index (χ0) is 19.5. The fourth-order valence-corrected chi connectivity index (χ4v) is 3.56. The van der Waals surface area contributed by atoms with Crippen LogP contribution >= 0.6 is 0 Å². The van der Waals surface area contributed by atoms with Crippen molar-refractivity contribution < 1.29 is 26.7 Å². The molecule has 9 heteroatoms. The molecule has 2 aromatic rings. The number of nitrogens with zero attached hydrogens (tertiary/aromatic N) is 1. The van der Waals surface area contributed by atoms with Crippen LogP contribution in [0.4, 0.5) is 20.2 Å². The van der Waals surface area contributed by atoms with E-state index in [1.54, 1.807) is 0 Å². The maximum Gasteiger partial charge on any atom is 0.248 e. The van der Waals surface area contributed by atoms with Crippen LogP contribution in [0.5, 0.6) is 5.75 Å². The van der Waals surface area contributed by atoms with E-state index in [2.05, 4.69) is 5.32 Å². The van der Waals surface area contributed by atoms with Crippen LogP contribution in [0.3, 0.4) is 0 Å². The number of benzene rings is 2. The van der Waals surface area contributed by atoms with Crippen LogP contribution in [-0.4, -0.2) is 33.7 Å². The summed E-state index contributed by atoms with van der Waals surface area (Å²) < 4.78 is 57.7. The molecule has 6 nitrogen and oxygen atoms in total. The number of halogens is 2. The van der Waals surface area contributed by atoms with Crippen molar-refractivity contribution in [2.24, 2.45) is 0 Å². The van der Waals surface area contributed by atoms with Gasteiger partial charge in [0.15, 0.2) is 0 Å². The Morgan fingerprint density at radius 2 is 1.65 bits per heavy atom. The van der Waals surface area contributed by atoms with Crippen LogP contribution in [0.2, 0.25) is 0 Å². The summed E-state index contributed by atoms with van der Waals surface area (Å²) in [4.78, 5) is 12.4. The molecule has 0 unspecified atom stereocenters. The minimum absolute atomic E-state index is 0.213. The molecule has 26 heavy (non-hydrogen) atoms. The number of hydrogen-bond donors (Lipinski definition) is 1. The average Bonchev–Trinajstić information content (AvgIpc) is 2.57. The first-order chi connectivity index (χ1) is 12.1. The van der Waals surface area contributed by atoms with Gasteiger partial charge >= 0.3 is 0 Å². The van der Waals surface area contributed by atoms with Crippen molar-refractivity contribution in [2.45, 2.75) is 13.0 Å². The van der Waals surface area contributed by atoms with E-state index in [0.29, 0.717) is 5.75 Å². The largest absolute Gasteiger partial charge is 0.497 e. The molecule has 0 radical (unpaired) electrons. The third-order valence-electron chi connectivity index (χ3n) is 3.63. The number of methoxy groups -OCH3 is 1. The molecule has 1 amide bonds. The number of carbonyl (C=O) groups is 1. The maximum absolute atomic E-state index is 13.7. The molecule has 140 valence electrons. The molecule has 0 saturated heterocycles. The topological polar surface area (TPSA) is 75.7 Å². The molecule has 0 aliphatic rings. The average molecular weight is 384 g/mol. The molecule has 0 aliphatic heterocycles. The number of rotatable bonds is 6. The van der Waals surface area contributed by atoms with Crippen LogP contribution in [0, 0.1) is 11.6 Å². The summed E-state index contributed by atoms with van der Waals surface area (Å²) in [5.74, 6) is -2.29. The molecule has 2 aromatic carbocycles. The Morgan fingerprint density at radius 3 is 2.12 bits per heavy atom. The second-order valence-electron chi connectivity index (χ2n) is 5.52. The molecule has 0 aromatic heterocycles. The summed E-state index contributed by atoms with van der Waals surface area (Å²) in [7, 11) is -2.39. The van der Waals surface area contributed by atoms with Gasteiger partial charge in [-0.3, -0.25) is 9.10 Å². The fraction of sp³-hybridized carbons (Fsp3) is 0.235. The monoisotopic (exact) mass is 384 g/mol. The molecule has 0 aliphatic carbocycles. The molecule has 2 rings (SSSR count). The molecule has 0 spiro atoms. The lowest BCUT2D eigenvalue weighted by atomic mass is 10.2. The van der Waals surface area contributed by atoms with E-state index < -0.39 is 39.3 Å². The van der Waals surface area contributed by atoms with Crippen molar-refractivity contribution in [1.82, 2.24) is 0 Å².